The molecule has 0 aliphatic heterocycles. The quantitative estimate of drug-likeness (QED) is 0.841. The largest absolute Gasteiger partial charge is 0.482 e. The molecule has 5 nitrogen and oxygen atoms in total. The lowest BCUT2D eigenvalue weighted by atomic mass is 10.2. The second-order valence-corrected chi connectivity index (χ2v) is 4.45. The van der Waals surface area contributed by atoms with E-state index in [-0.39, 0.29) is 18.0 Å². The van der Waals surface area contributed by atoms with Crippen LogP contribution in [-0.2, 0) is 9.53 Å². The number of benzene rings is 1. The Morgan fingerprint density at radius 2 is 2.10 bits per heavy atom. The average Bonchev–Trinajstić information content (AvgIpc) is 2.38. The Bertz CT molecular complexity index is 492. The van der Waals surface area contributed by atoms with E-state index < -0.39 is 24.7 Å². The second kappa shape index (κ2) is 7.28. The first-order valence-corrected chi connectivity index (χ1v) is 6.08. The molecule has 3 N–H and O–H groups in total. The summed E-state index contributed by atoms with van der Waals surface area (Å²) >= 11 is 0. The summed E-state index contributed by atoms with van der Waals surface area (Å²) in [6.07, 6.45) is -4.46. The van der Waals surface area contributed by atoms with Gasteiger partial charge in [0, 0.05) is 7.11 Å². The summed E-state index contributed by atoms with van der Waals surface area (Å²) in [5.74, 6) is -0.636. The number of halogens is 3. The summed E-state index contributed by atoms with van der Waals surface area (Å²) in [5, 5.41) is 2.42. The maximum atomic E-state index is 12.2. The summed E-state index contributed by atoms with van der Waals surface area (Å²) in [6.45, 7) is 0.253. The molecule has 1 unspecified atom stereocenters. The number of methoxy groups -OCH3 is 1. The number of ether oxygens (including phenoxy) is 2. The number of hydrogen-bond acceptors (Lipinski definition) is 4. The highest BCUT2D eigenvalue weighted by atomic mass is 19.4. The van der Waals surface area contributed by atoms with Gasteiger partial charge >= 0.3 is 6.18 Å². The lowest BCUT2D eigenvalue weighted by molar-refractivity contribution is -0.153. The van der Waals surface area contributed by atoms with E-state index in [2.05, 4.69) is 5.32 Å². The normalized spacial score (nSPS) is 12.9. The number of alkyl halides is 3. The molecule has 0 fully saturated rings. The summed E-state index contributed by atoms with van der Waals surface area (Å²) in [5.41, 5.74) is 6.37. The first-order valence-electron chi connectivity index (χ1n) is 6.08. The zero-order valence-electron chi connectivity index (χ0n) is 11.7. The summed E-state index contributed by atoms with van der Waals surface area (Å²) < 4.78 is 46.1. The van der Waals surface area contributed by atoms with E-state index in [1.54, 1.807) is 13.0 Å². The van der Waals surface area contributed by atoms with Gasteiger partial charge in [0.1, 0.15) is 11.8 Å². The van der Waals surface area contributed by atoms with E-state index in [4.69, 9.17) is 15.2 Å². The van der Waals surface area contributed by atoms with Gasteiger partial charge in [-0.05, 0) is 24.6 Å². The fourth-order valence-electron chi connectivity index (χ4n) is 1.49. The minimum absolute atomic E-state index is 0.00354. The number of anilines is 1. The third-order valence-corrected chi connectivity index (χ3v) is 2.47. The number of rotatable bonds is 6. The molecule has 0 radical (unpaired) electrons. The van der Waals surface area contributed by atoms with Crippen LogP contribution in [0.5, 0.6) is 5.75 Å². The van der Waals surface area contributed by atoms with E-state index in [9.17, 15) is 18.0 Å². The van der Waals surface area contributed by atoms with Crippen molar-refractivity contribution in [2.24, 2.45) is 5.73 Å². The van der Waals surface area contributed by atoms with Crippen molar-refractivity contribution >= 4 is 11.6 Å². The van der Waals surface area contributed by atoms with Crippen LogP contribution in [0.1, 0.15) is 5.56 Å². The molecule has 21 heavy (non-hydrogen) atoms. The third kappa shape index (κ3) is 6.01. The molecule has 0 spiro atoms. The van der Waals surface area contributed by atoms with Gasteiger partial charge in [-0.1, -0.05) is 6.07 Å². The van der Waals surface area contributed by atoms with Crippen molar-refractivity contribution in [3.8, 4) is 5.75 Å². The standard InChI is InChI=1S/C13H17F3N2O3/c1-8-3-4-10(18-12(19)9(17)6-20-2)11(5-8)21-7-13(14,15)16/h3-5,9H,6-7,17H2,1-2H3,(H,18,19). The maximum Gasteiger partial charge on any atom is 0.422 e. The van der Waals surface area contributed by atoms with Gasteiger partial charge in [0.05, 0.1) is 12.3 Å². The molecule has 118 valence electrons. The molecule has 8 heteroatoms. The molecular weight excluding hydrogens is 289 g/mol. The predicted molar refractivity (Wildman–Crippen MR) is 71.2 cm³/mol. The summed E-state index contributed by atoms with van der Waals surface area (Å²) in [6, 6.07) is 3.58. The monoisotopic (exact) mass is 306 g/mol. The van der Waals surface area contributed by atoms with Crippen LogP contribution < -0.4 is 15.8 Å². The number of aryl methyl sites for hydroxylation is 1. The molecule has 0 aromatic heterocycles. The predicted octanol–water partition coefficient (Wildman–Crippen LogP) is 1.85. The van der Waals surface area contributed by atoms with E-state index in [1.807, 2.05) is 0 Å². The van der Waals surface area contributed by atoms with Gasteiger partial charge in [0.25, 0.3) is 0 Å². The van der Waals surface area contributed by atoms with Crippen molar-refractivity contribution in [3.63, 3.8) is 0 Å². The van der Waals surface area contributed by atoms with Crippen molar-refractivity contribution in [1.29, 1.82) is 0 Å². The number of hydrogen-bond donors (Lipinski definition) is 2. The Kier molecular flexibility index (Phi) is 5.98. The highest BCUT2D eigenvalue weighted by molar-refractivity contribution is 5.96. The molecular formula is C13H17F3N2O3. The molecule has 0 saturated carbocycles. The second-order valence-electron chi connectivity index (χ2n) is 4.45. The van der Waals surface area contributed by atoms with Gasteiger partial charge in [0.15, 0.2) is 6.61 Å². The van der Waals surface area contributed by atoms with Gasteiger partial charge in [-0.2, -0.15) is 13.2 Å². The zero-order chi connectivity index (χ0) is 16.0. The van der Waals surface area contributed by atoms with Crippen molar-refractivity contribution in [1.82, 2.24) is 0 Å². The molecule has 0 saturated heterocycles. The summed E-state index contributed by atoms with van der Waals surface area (Å²) in [4.78, 5) is 11.7. The van der Waals surface area contributed by atoms with E-state index in [1.165, 1.54) is 19.2 Å². The van der Waals surface area contributed by atoms with E-state index in [0.717, 1.165) is 0 Å². The van der Waals surface area contributed by atoms with Gasteiger partial charge in [-0.25, -0.2) is 0 Å². The highest BCUT2D eigenvalue weighted by Crippen LogP contribution is 2.28. The molecule has 0 aliphatic rings. The van der Waals surface area contributed by atoms with Crippen molar-refractivity contribution in [2.45, 2.75) is 19.1 Å². The van der Waals surface area contributed by atoms with E-state index in [0.29, 0.717) is 5.56 Å². The Balaban J connectivity index is 2.84. The highest BCUT2D eigenvalue weighted by Gasteiger charge is 2.29. The number of carbonyl (C=O) groups excluding carboxylic acids is 1. The minimum Gasteiger partial charge on any atom is -0.482 e. The van der Waals surface area contributed by atoms with Gasteiger partial charge in [0.2, 0.25) is 5.91 Å². The Morgan fingerprint density at radius 3 is 2.67 bits per heavy atom. The molecule has 1 amide bonds. The van der Waals surface area contributed by atoms with Crippen LogP contribution in [0.4, 0.5) is 18.9 Å². The minimum atomic E-state index is -4.46. The summed E-state index contributed by atoms with van der Waals surface area (Å²) in [7, 11) is 1.39. The molecule has 1 aromatic rings. The van der Waals surface area contributed by atoms with Crippen LogP contribution in [-0.4, -0.2) is 38.4 Å². The number of amides is 1. The van der Waals surface area contributed by atoms with Crippen LogP contribution in [0.3, 0.4) is 0 Å². The molecule has 1 aromatic carbocycles. The Labute approximate surface area is 120 Å². The average molecular weight is 306 g/mol. The van der Waals surface area contributed by atoms with Crippen LogP contribution >= 0.6 is 0 Å². The lowest BCUT2D eigenvalue weighted by Gasteiger charge is -2.16. The third-order valence-electron chi connectivity index (χ3n) is 2.47. The van der Waals surface area contributed by atoms with E-state index >= 15 is 0 Å². The van der Waals surface area contributed by atoms with Gasteiger partial charge in [-0.15, -0.1) is 0 Å². The molecule has 1 atom stereocenters. The first kappa shape index (κ1) is 17.3. The molecule has 0 aliphatic carbocycles. The Hall–Kier alpha value is -1.80. The fourth-order valence-corrected chi connectivity index (χ4v) is 1.49. The van der Waals surface area contributed by atoms with Crippen molar-refractivity contribution < 1.29 is 27.4 Å². The zero-order valence-corrected chi connectivity index (χ0v) is 11.7. The van der Waals surface area contributed by atoms with Crippen LogP contribution in [0, 0.1) is 6.92 Å². The first-order chi connectivity index (χ1) is 9.73. The number of nitrogens with one attached hydrogen (secondary N) is 1. The van der Waals surface area contributed by atoms with Crippen LogP contribution in [0.2, 0.25) is 0 Å². The fraction of sp³-hybridized carbons (Fsp3) is 0.462. The lowest BCUT2D eigenvalue weighted by Crippen LogP contribution is -2.39. The SMILES string of the molecule is COCC(N)C(=O)Nc1ccc(C)cc1OCC(F)(F)F. The molecule has 1 rings (SSSR count). The molecule has 0 bridgehead atoms. The number of nitrogens with two attached hydrogens (primary N) is 1. The van der Waals surface area contributed by atoms with Crippen molar-refractivity contribution in [2.75, 3.05) is 25.6 Å². The van der Waals surface area contributed by atoms with Crippen LogP contribution in [0.25, 0.3) is 0 Å². The van der Waals surface area contributed by atoms with Gasteiger partial charge in [-0.3, -0.25) is 4.79 Å². The van der Waals surface area contributed by atoms with Gasteiger partial charge < -0.3 is 20.5 Å². The van der Waals surface area contributed by atoms with Crippen LogP contribution in [0.15, 0.2) is 18.2 Å². The maximum absolute atomic E-state index is 12.2. The molecule has 0 heterocycles. The number of carbonyl (C=O) groups is 1. The van der Waals surface area contributed by atoms with Crippen molar-refractivity contribution in [3.05, 3.63) is 23.8 Å². The smallest absolute Gasteiger partial charge is 0.422 e. The topological polar surface area (TPSA) is 73.6 Å². The Morgan fingerprint density at radius 1 is 1.43 bits per heavy atom.